The minimum Gasteiger partial charge on any atom is -0.507 e. The van der Waals surface area contributed by atoms with Crippen LogP contribution in [0.2, 0.25) is 0 Å². The van der Waals surface area contributed by atoms with Gasteiger partial charge in [0.2, 0.25) is 11.8 Å². The Morgan fingerprint density at radius 3 is 1.31 bits per heavy atom. The number of hydrogen-bond acceptors (Lipinski definition) is 16. The number of pyridine rings is 2. The first-order valence-electron chi connectivity index (χ1n) is 34.4. The number of ether oxygens (including phenoxy) is 5. The molecule has 0 aliphatic carbocycles. The highest BCUT2D eigenvalue weighted by atomic mass is 16.6. The van der Waals surface area contributed by atoms with Crippen LogP contribution in [0.5, 0.6) is 11.5 Å². The van der Waals surface area contributed by atoms with E-state index >= 15 is 0 Å². The fraction of sp³-hybridized carbons (Fsp3) is 0.333. The molecule has 2 heterocycles. The Hall–Kier alpha value is -11.3. The van der Waals surface area contributed by atoms with Crippen molar-refractivity contribution in [3.8, 4) is 33.8 Å². The second-order valence-corrected chi connectivity index (χ2v) is 27.2. The molecule has 0 aliphatic rings. The van der Waals surface area contributed by atoms with Gasteiger partial charge in [0.15, 0.2) is 11.6 Å². The first-order chi connectivity index (χ1) is 49.2. The van der Waals surface area contributed by atoms with Crippen LogP contribution in [0.15, 0.2) is 188 Å². The Balaban J connectivity index is 0.000000291. The molecule has 104 heavy (non-hydrogen) atoms. The molecule has 0 fully saturated rings. The highest BCUT2D eigenvalue weighted by Crippen LogP contribution is 2.38. The van der Waals surface area contributed by atoms with E-state index in [2.05, 4.69) is 26.7 Å². The Morgan fingerprint density at radius 2 is 0.885 bits per heavy atom. The molecular weight excluding hydrogens is 1320 g/mol. The zero-order chi connectivity index (χ0) is 74.2. The molecule has 9 rings (SSSR count). The summed E-state index contributed by atoms with van der Waals surface area (Å²) in [5.41, 5.74) is 7.03. The molecule has 0 saturated carbocycles. The van der Waals surface area contributed by atoms with Crippen LogP contribution in [0, 0.1) is 13.8 Å². The van der Waals surface area contributed by atoms with Crippen LogP contribution >= 0.6 is 0 Å². The van der Waals surface area contributed by atoms with E-state index < -0.39 is 47.2 Å². The van der Waals surface area contributed by atoms with Gasteiger partial charge in [-0.05, 0) is 165 Å². The number of rotatable bonds is 29. The molecule has 546 valence electrons. The number of esters is 2. The number of nitrogens with zero attached hydrogens (tertiary/aromatic N) is 4. The maximum atomic E-state index is 13.2. The minimum atomic E-state index is -0.704. The number of aryl methyl sites for hydroxylation is 2. The molecule has 0 saturated heterocycles. The largest absolute Gasteiger partial charge is 0.507 e. The van der Waals surface area contributed by atoms with Gasteiger partial charge in [-0.2, -0.15) is 0 Å². The van der Waals surface area contributed by atoms with Gasteiger partial charge in [0.25, 0.3) is 0 Å². The number of anilines is 2. The summed E-state index contributed by atoms with van der Waals surface area (Å²) in [6.07, 6.45) is 3.01. The lowest BCUT2D eigenvalue weighted by Gasteiger charge is -2.27. The number of amides is 4. The number of carbonyl (C=O) groups excluding carboxylic acids is 8. The Bertz CT molecular complexity index is 4410. The van der Waals surface area contributed by atoms with Crippen LogP contribution in [0.25, 0.3) is 43.8 Å². The number of phenolic OH excluding ortho intramolecular Hbond substituents is 1. The Morgan fingerprint density at radius 1 is 0.481 bits per heavy atom. The van der Waals surface area contributed by atoms with Crippen LogP contribution < -0.4 is 25.2 Å². The fourth-order valence-corrected chi connectivity index (χ4v) is 11.6. The predicted octanol–water partition coefficient (Wildman–Crippen LogP) is 16.2. The zero-order valence-electron chi connectivity index (χ0n) is 60.3. The second-order valence-electron chi connectivity index (χ2n) is 27.2. The molecule has 4 amide bonds. The normalized spacial score (nSPS) is 11.7. The summed E-state index contributed by atoms with van der Waals surface area (Å²) < 4.78 is 27.2. The van der Waals surface area contributed by atoms with Crippen molar-refractivity contribution in [2.24, 2.45) is 0 Å². The molecule has 0 bridgehead atoms. The van der Waals surface area contributed by atoms with Gasteiger partial charge in [0, 0.05) is 73.8 Å². The SMILES string of the molecule is C.COC(=O)C[C@H](CC(=O)CNC(=O)CCCN(C(=O)OC(C)(C)C)c1cc(C)ccn1)c1ccc(-c2ccc(O)c3ccccc23)cc1.COC(=O)C[C@H](CC(=O)CNC(=O)CCCN(C(=O)OC(C)(C)C)c1cc(C)ccn1)c1ccc(-c2ccc(OCc3ccccc3)c3ccccc23)cc1. The van der Waals surface area contributed by atoms with Crippen LogP contribution in [-0.2, 0) is 54.3 Å². The molecule has 0 radical (unpaired) electrons. The first kappa shape index (κ1) is 80.0. The lowest BCUT2D eigenvalue weighted by Crippen LogP contribution is -2.38. The van der Waals surface area contributed by atoms with Crippen molar-refractivity contribution in [1.82, 2.24) is 20.6 Å². The predicted molar refractivity (Wildman–Crippen MR) is 406 cm³/mol. The maximum absolute atomic E-state index is 13.2. The molecule has 0 aliphatic heterocycles. The molecule has 20 heteroatoms. The molecule has 2 atom stereocenters. The van der Waals surface area contributed by atoms with Crippen LogP contribution in [0.4, 0.5) is 21.2 Å². The number of carbonyl (C=O) groups is 8. The molecule has 9 aromatic rings. The van der Waals surface area contributed by atoms with Crippen molar-refractivity contribution >= 4 is 80.7 Å². The van der Waals surface area contributed by atoms with Gasteiger partial charge in [-0.3, -0.25) is 38.6 Å². The molecule has 3 N–H and O–H groups in total. The van der Waals surface area contributed by atoms with Crippen molar-refractivity contribution < 1.29 is 67.1 Å². The number of phenols is 1. The number of Topliss-reactive ketones (excluding diaryl/α,β-unsaturated/α-hetero) is 2. The van der Waals surface area contributed by atoms with E-state index in [0.29, 0.717) is 31.1 Å². The van der Waals surface area contributed by atoms with Crippen LogP contribution in [0.3, 0.4) is 0 Å². The topological polar surface area (TPSA) is 259 Å². The van der Waals surface area contributed by atoms with Gasteiger partial charge in [-0.25, -0.2) is 19.6 Å². The van der Waals surface area contributed by atoms with Crippen LogP contribution in [0.1, 0.15) is 140 Å². The second kappa shape index (κ2) is 38.1. The van der Waals surface area contributed by atoms with Gasteiger partial charge in [0.1, 0.15) is 40.9 Å². The summed E-state index contributed by atoms with van der Waals surface area (Å²) in [6.45, 7) is 15.0. The van der Waals surface area contributed by atoms with E-state index in [-0.39, 0.29) is 101 Å². The highest BCUT2D eigenvalue weighted by molar-refractivity contribution is 6.01. The first-order valence-corrected chi connectivity index (χ1v) is 34.4. The number of methoxy groups -OCH3 is 2. The standard InChI is InChI=1S/C45H49N3O7.C38H43N3O7.CH4/c1-31-23-24-46-41(26-31)48(44(52)55-45(2,3)4)25-11-16-42(50)47-29-36(49)27-35(28-43(51)53-5)33-17-19-34(20-18-33)37-21-22-40(39-15-10-9-14-38(37)39)54-30-32-12-7-6-8-13-32;1-25-18-19-39-34(21-25)41(37(46)48-38(2,3)4)20-8-11-35(44)40-24-29(42)22-28(23-36(45)47-5)26-12-14-27(15-13-26)30-16-17-33(43)32-10-7-6-9-31(30)32;/h6-10,12-15,17-24,26,35H,11,16,25,27-30H2,1-5H3,(H,47,50);6-7,9-10,12-19,21,28,43H,8,11,20,22-24H2,1-5H3,(H,40,44);1H4/t35-;28-;/m00./s1. The molecule has 0 unspecified atom stereocenters. The van der Waals surface area contributed by atoms with Gasteiger partial charge in [0.05, 0.1) is 40.2 Å². The molecule has 20 nitrogen and oxygen atoms in total. The third-order valence-corrected chi connectivity index (χ3v) is 16.8. The lowest BCUT2D eigenvalue weighted by atomic mass is 9.89. The lowest BCUT2D eigenvalue weighted by molar-refractivity contribution is -0.142. The molecular formula is C84H96N6O14. The fourth-order valence-electron chi connectivity index (χ4n) is 11.6. The van der Waals surface area contributed by atoms with Crippen molar-refractivity contribution in [3.63, 3.8) is 0 Å². The van der Waals surface area contributed by atoms with Crippen molar-refractivity contribution in [2.45, 2.75) is 144 Å². The molecule has 2 aromatic heterocycles. The van der Waals surface area contributed by atoms with Crippen molar-refractivity contribution in [3.05, 3.63) is 216 Å². The number of fused-ring (bicyclic) bond motifs is 2. The highest BCUT2D eigenvalue weighted by Gasteiger charge is 2.28. The number of hydrogen-bond donors (Lipinski definition) is 3. The number of benzene rings is 7. The zero-order valence-corrected chi connectivity index (χ0v) is 60.3. The van der Waals surface area contributed by atoms with E-state index in [1.54, 1.807) is 72.1 Å². The summed E-state index contributed by atoms with van der Waals surface area (Å²) in [4.78, 5) is 114. The number of ketones is 2. The number of nitrogens with one attached hydrogen (secondary N) is 2. The Kier molecular flexibility index (Phi) is 29.3. The summed E-state index contributed by atoms with van der Waals surface area (Å²) in [5.74, 6) is -1.00. The summed E-state index contributed by atoms with van der Waals surface area (Å²) in [6, 6.07) is 56.0. The minimum absolute atomic E-state index is 0. The summed E-state index contributed by atoms with van der Waals surface area (Å²) in [7, 11) is 2.63. The number of aromatic hydroxyl groups is 1. The van der Waals surface area contributed by atoms with Crippen LogP contribution in [-0.4, -0.2) is 114 Å². The molecule has 7 aromatic carbocycles. The quantitative estimate of drug-likeness (QED) is 0.0291. The monoisotopic (exact) mass is 1410 g/mol. The average Bonchev–Trinajstić information content (AvgIpc) is 0.788. The average molecular weight is 1410 g/mol. The third-order valence-electron chi connectivity index (χ3n) is 16.8. The van der Waals surface area contributed by atoms with E-state index in [9.17, 15) is 43.5 Å². The van der Waals surface area contributed by atoms with Gasteiger partial charge < -0.3 is 39.4 Å². The van der Waals surface area contributed by atoms with Gasteiger partial charge in [-0.15, -0.1) is 0 Å². The Labute approximate surface area is 609 Å². The van der Waals surface area contributed by atoms with E-state index in [4.69, 9.17) is 23.7 Å². The van der Waals surface area contributed by atoms with E-state index in [0.717, 1.165) is 77.4 Å². The number of aromatic nitrogens is 2. The maximum Gasteiger partial charge on any atom is 0.416 e. The van der Waals surface area contributed by atoms with Crippen molar-refractivity contribution in [1.29, 1.82) is 0 Å². The van der Waals surface area contributed by atoms with E-state index in [1.807, 2.05) is 166 Å². The van der Waals surface area contributed by atoms with Gasteiger partial charge in [-0.1, -0.05) is 147 Å². The smallest absolute Gasteiger partial charge is 0.416 e. The van der Waals surface area contributed by atoms with Crippen molar-refractivity contribution in [2.75, 3.05) is 50.2 Å². The van der Waals surface area contributed by atoms with E-state index in [1.165, 1.54) is 24.0 Å². The summed E-state index contributed by atoms with van der Waals surface area (Å²) in [5, 5.41) is 19.4. The van der Waals surface area contributed by atoms with Gasteiger partial charge >= 0.3 is 24.1 Å². The third kappa shape index (κ3) is 24.2. The molecule has 0 spiro atoms. The summed E-state index contributed by atoms with van der Waals surface area (Å²) >= 11 is 0.